The molecule has 4 rings (SSSR count). The third-order valence-corrected chi connectivity index (χ3v) is 8.60. The number of hydrogen-bond donors (Lipinski definition) is 4. The first kappa shape index (κ1) is 25.8. The van der Waals surface area contributed by atoms with Gasteiger partial charge >= 0.3 is 11.9 Å². The van der Waals surface area contributed by atoms with Crippen molar-refractivity contribution in [3.63, 3.8) is 0 Å². The monoisotopic (exact) mass is 536 g/mol. The number of fused-ring (bicyclic) bond motifs is 1. The maximum absolute atomic E-state index is 13.0. The van der Waals surface area contributed by atoms with Crippen molar-refractivity contribution < 1.29 is 34.1 Å². The van der Waals surface area contributed by atoms with E-state index in [9.17, 15) is 29.4 Å². The Morgan fingerprint density at radius 3 is 2.69 bits per heavy atom. The summed E-state index contributed by atoms with van der Waals surface area (Å²) >= 11 is 2.25. The number of H-pyrrole nitrogens is 1. The van der Waals surface area contributed by atoms with Crippen molar-refractivity contribution in [3.8, 4) is 0 Å². The van der Waals surface area contributed by atoms with E-state index in [0.29, 0.717) is 12.8 Å². The summed E-state index contributed by atoms with van der Waals surface area (Å²) in [5, 5.41) is 34.1. The van der Waals surface area contributed by atoms with E-state index in [1.807, 2.05) is 12.2 Å². The van der Waals surface area contributed by atoms with Gasteiger partial charge in [0.15, 0.2) is 0 Å². The third kappa shape index (κ3) is 5.11. The smallest absolute Gasteiger partial charge is 0.352 e. The highest BCUT2D eigenvalue weighted by atomic mass is 32.2. The first-order valence-electron chi connectivity index (χ1n) is 11.0. The lowest BCUT2D eigenvalue weighted by Crippen LogP contribution is -2.71. The molecule has 0 spiro atoms. The minimum Gasteiger partial charge on any atom is -0.501 e. The lowest BCUT2D eigenvalue weighted by Gasteiger charge is -2.50. The molecule has 1 saturated heterocycles. The molecule has 1 aromatic heterocycles. The van der Waals surface area contributed by atoms with Gasteiger partial charge in [-0.1, -0.05) is 23.4 Å². The molecule has 2 aliphatic heterocycles. The van der Waals surface area contributed by atoms with E-state index in [1.165, 1.54) is 11.8 Å². The molecule has 1 fully saturated rings. The van der Waals surface area contributed by atoms with E-state index in [-0.39, 0.29) is 28.1 Å². The molecular weight excluding hydrogens is 512 g/mol. The van der Waals surface area contributed by atoms with Crippen LogP contribution in [-0.4, -0.2) is 89.0 Å². The summed E-state index contributed by atoms with van der Waals surface area (Å²) in [6, 6.07) is -0.876. The summed E-state index contributed by atoms with van der Waals surface area (Å²) in [7, 11) is 1.59. The number of allylic oxidation sites excluding steroid dienone is 2. The van der Waals surface area contributed by atoms with Crippen molar-refractivity contribution in [2.24, 2.45) is 5.92 Å². The van der Waals surface area contributed by atoms with Crippen molar-refractivity contribution >= 4 is 47.3 Å². The van der Waals surface area contributed by atoms with Gasteiger partial charge in [-0.3, -0.25) is 19.3 Å². The fraction of sp³-hybridized carbons (Fsp3) is 0.476. The number of thioether (sulfide) groups is 2. The Kier molecular flexibility index (Phi) is 7.68. The fourth-order valence-corrected chi connectivity index (χ4v) is 6.75. The van der Waals surface area contributed by atoms with E-state index >= 15 is 0 Å². The van der Waals surface area contributed by atoms with Gasteiger partial charge in [-0.2, -0.15) is 0 Å². The van der Waals surface area contributed by atoms with Crippen LogP contribution in [0.3, 0.4) is 0 Å². The molecule has 2 amide bonds. The standard InChI is InChI=1S/C21H24N6O7S2/c1-9(10-3-5-11(34-2)6-4-10)17(30)22-15-18(31)27-16(20(32)33)12(8-35-19(15)27)13(7-14(28)29)36-21-23-25-26-24-21/h3,6,9,13,15,19H,4-5,7-8H2,1-2H3,(H,22,30)(H,28,29)(H,32,33)(H,23,24,25,26)/t9?,13?,15?,19-/m0/s1. The first-order valence-corrected chi connectivity index (χ1v) is 12.9. The normalized spacial score (nSPS) is 23.1. The Balaban J connectivity index is 1.50. The van der Waals surface area contributed by atoms with E-state index < -0.39 is 46.9 Å². The number of hydrogen-bond acceptors (Lipinski definition) is 10. The van der Waals surface area contributed by atoms with Crippen molar-refractivity contribution in [2.45, 2.75) is 48.0 Å². The van der Waals surface area contributed by atoms with Gasteiger partial charge < -0.3 is 20.3 Å². The minimum atomic E-state index is -1.35. The number of carbonyl (C=O) groups excluding carboxylic acids is 2. The van der Waals surface area contributed by atoms with Crippen LogP contribution in [0.4, 0.5) is 0 Å². The number of rotatable bonds is 10. The Hall–Kier alpha value is -3.33. The Morgan fingerprint density at radius 2 is 2.11 bits per heavy atom. The number of amides is 2. The van der Waals surface area contributed by atoms with Crippen LogP contribution < -0.4 is 5.32 Å². The molecule has 36 heavy (non-hydrogen) atoms. The zero-order valence-electron chi connectivity index (χ0n) is 19.3. The molecule has 0 radical (unpaired) electrons. The molecule has 13 nitrogen and oxygen atoms in total. The van der Waals surface area contributed by atoms with E-state index in [2.05, 4.69) is 25.9 Å². The van der Waals surface area contributed by atoms with Crippen molar-refractivity contribution in [3.05, 3.63) is 34.8 Å². The molecule has 4 atom stereocenters. The largest absolute Gasteiger partial charge is 0.501 e. The van der Waals surface area contributed by atoms with Crippen LogP contribution in [0, 0.1) is 5.92 Å². The summed E-state index contributed by atoms with van der Waals surface area (Å²) in [4.78, 5) is 50.8. The van der Waals surface area contributed by atoms with Crippen LogP contribution in [0.5, 0.6) is 0 Å². The lowest BCUT2D eigenvalue weighted by molar-refractivity contribution is -0.151. The van der Waals surface area contributed by atoms with E-state index in [4.69, 9.17) is 4.74 Å². The second kappa shape index (κ2) is 10.7. The summed E-state index contributed by atoms with van der Waals surface area (Å²) in [5.41, 5.74) is 0.935. The number of carboxylic acids is 2. The summed E-state index contributed by atoms with van der Waals surface area (Å²) in [5.74, 6) is -2.82. The van der Waals surface area contributed by atoms with Crippen molar-refractivity contribution in [2.75, 3.05) is 12.9 Å². The maximum atomic E-state index is 13.0. The van der Waals surface area contributed by atoms with E-state index in [1.54, 1.807) is 14.0 Å². The minimum absolute atomic E-state index is 0.167. The summed E-state index contributed by atoms with van der Waals surface area (Å²) < 4.78 is 5.21. The second-order valence-corrected chi connectivity index (χ2v) is 10.6. The Morgan fingerprint density at radius 1 is 1.33 bits per heavy atom. The van der Waals surface area contributed by atoms with Gasteiger partial charge in [0.2, 0.25) is 11.1 Å². The van der Waals surface area contributed by atoms with Crippen molar-refractivity contribution in [1.29, 1.82) is 0 Å². The summed E-state index contributed by atoms with van der Waals surface area (Å²) in [6.07, 6.45) is 4.62. The molecule has 1 aromatic rings. The molecular formula is C21H24N6O7S2. The highest BCUT2D eigenvalue weighted by molar-refractivity contribution is 8.01. The number of aromatic nitrogens is 4. The number of nitrogens with zero attached hydrogens (tertiary/aromatic N) is 4. The number of ether oxygens (including phenoxy) is 1. The predicted molar refractivity (Wildman–Crippen MR) is 127 cm³/mol. The second-order valence-electron chi connectivity index (χ2n) is 8.27. The molecule has 0 saturated carbocycles. The van der Waals surface area contributed by atoms with Crippen LogP contribution in [0.25, 0.3) is 0 Å². The molecule has 0 aromatic carbocycles. The van der Waals surface area contributed by atoms with Gasteiger partial charge in [0.05, 0.1) is 25.2 Å². The predicted octanol–water partition coefficient (Wildman–Crippen LogP) is 0.760. The van der Waals surface area contributed by atoms with Gasteiger partial charge in [-0.25, -0.2) is 9.89 Å². The number of tetrazole rings is 1. The first-order chi connectivity index (χ1) is 17.2. The van der Waals surface area contributed by atoms with Gasteiger partial charge in [0.1, 0.15) is 17.1 Å². The highest BCUT2D eigenvalue weighted by Crippen LogP contribution is 2.44. The third-order valence-electron chi connectivity index (χ3n) is 6.17. The number of carboxylic acid groups (broad SMARTS) is 2. The topological polar surface area (TPSA) is 188 Å². The molecule has 3 unspecified atom stereocenters. The quantitative estimate of drug-likeness (QED) is 0.187. The van der Waals surface area contributed by atoms with Gasteiger partial charge in [0.25, 0.3) is 5.91 Å². The molecule has 3 aliphatic rings. The van der Waals surface area contributed by atoms with Gasteiger partial charge in [-0.05, 0) is 35.4 Å². The maximum Gasteiger partial charge on any atom is 0.352 e. The van der Waals surface area contributed by atoms with E-state index in [0.717, 1.165) is 28.0 Å². The highest BCUT2D eigenvalue weighted by Gasteiger charge is 2.55. The number of aromatic amines is 1. The zero-order chi connectivity index (χ0) is 26.0. The van der Waals surface area contributed by atoms with Crippen LogP contribution in [-0.2, 0) is 23.9 Å². The fourth-order valence-electron chi connectivity index (χ4n) is 4.22. The van der Waals surface area contributed by atoms with Gasteiger partial charge in [0, 0.05) is 17.4 Å². The molecule has 0 bridgehead atoms. The van der Waals surface area contributed by atoms with Crippen molar-refractivity contribution in [1.82, 2.24) is 30.8 Å². The number of nitrogens with one attached hydrogen (secondary N) is 2. The Bertz CT molecular complexity index is 1170. The molecule has 3 heterocycles. The van der Waals surface area contributed by atoms with Crippen LogP contribution in [0.1, 0.15) is 26.2 Å². The van der Waals surface area contributed by atoms with Crippen LogP contribution in [0.2, 0.25) is 0 Å². The Labute approximate surface area is 213 Å². The number of methoxy groups -OCH3 is 1. The molecule has 4 N–H and O–H groups in total. The average molecular weight is 537 g/mol. The summed E-state index contributed by atoms with van der Waals surface area (Å²) in [6.45, 7) is 1.76. The number of β-lactam (4-membered cyclic amide) rings is 1. The van der Waals surface area contributed by atoms with Crippen LogP contribution >= 0.6 is 23.5 Å². The molecule has 15 heteroatoms. The molecule has 192 valence electrons. The molecule has 1 aliphatic carbocycles. The number of aliphatic carboxylic acids is 2. The SMILES string of the molecule is COC1=CCC(C(C)C(=O)NC2C(=O)N3C(C(=O)O)=C(C(CC(=O)O)Sc4nnn[nH]4)CS[C@@H]23)=CC1. The van der Waals surface area contributed by atoms with Gasteiger partial charge in [-0.15, -0.1) is 16.9 Å². The number of carbonyl (C=O) groups is 4. The van der Waals surface area contributed by atoms with Crippen LogP contribution in [0.15, 0.2) is 39.9 Å². The lowest BCUT2D eigenvalue weighted by atomic mass is 9.92. The zero-order valence-corrected chi connectivity index (χ0v) is 21.0. The average Bonchev–Trinajstić information content (AvgIpc) is 3.38.